The number of hydrogen-bond donors (Lipinski definition) is 0. The van der Waals surface area contributed by atoms with Crippen LogP contribution in [-0.4, -0.2) is 0 Å². The lowest BCUT2D eigenvalue weighted by Gasteiger charge is -2.07. The van der Waals surface area contributed by atoms with Crippen molar-refractivity contribution in [2.75, 3.05) is 0 Å². The van der Waals surface area contributed by atoms with Crippen molar-refractivity contribution >= 4 is 31.9 Å². The molecular weight excluding hydrogens is 313 g/mol. The predicted octanol–water partition coefficient (Wildman–Crippen LogP) is 4.49. The molecule has 0 aliphatic carbocycles. The van der Waals surface area contributed by atoms with Crippen molar-refractivity contribution < 1.29 is 13.2 Å². The van der Waals surface area contributed by atoms with Crippen LogP contribution >= 0.6 is 31.9 Å². The fraction of sp³-hybridized carbons (Fsp3) is 0.250. The molecule has 0 nitrogen and oxygen atoms in total. The first kappa shape index (κ1) is 11.0. The molecule has 0 heterocycles. The zero-order valence-electron chi connectivity index (χ0n) is 6.28. The van der Waals surface area contributed by atoms with Crippen molar-refractivity contribution in [3.63, 3.8) is 0 Å². The molecule has 1 rings (SSSR count). The highest BCUT2D eigenvalue weighted by molar-refractivity contribution is 9.24. The Bertz CT molecular complexity index is 276. The van der Waals surface area contributed by atoms with Crippen LogP contribution in [0.1, 0.15) is 14.9 Å². The summed E-state index contributed by atoms with van der Waals surface area (Å²) in [4.78, 5) is 0. The average Bonchev–Trinajstić information content (AvgIpc) is 2.03. The Balaban J connectivity index is 2.94. The second-order valence-electron chi connectivity index (χ2n) is 2.42. The molecule has 0 N–H and O–H groups in total. The molecule has 0 radical (unpaired) electrons. The lowest BCUT2D eigenvalue weighted by Crippen LogP contribution is -2.04. The van der Waals surface area contributed by atoms with Gasteiger partial charge in [0.15, 0.2) is 0 Å². The number of benzene rings is 1. The zero-order valence-corrected chi connectivity index (χ0v) is 9.45. The quantitative estimate of drug-likeness (QED) is 0.669. The van der Waals surface area contributed by atoms with Gasteiger partial charge >= 0.3 is 6.18 Å². The van der Waals surface area contributed by atoms with E-state index in [9.17, 15) is 13.2 Å². The van der Waals surface area contributed by atoms with Crippen LogP contribution in [0.5, 0.6) is 0 Å². The molecule has 13 heavy (non-hydrogen) atoms. The van der Waals surface area contributed by atoms with Crippen LogP contribution in [-0.2, 0) is 6.18 Å². The van der Waals surface area contributed by atoms with Crippen molar-refractivity contribution in [2.24, 2.45) is 0 Å². The summed E-state index contributed by atoms with van der Waals surface area (Å²) in [6.07, 6.45) is -4.26. The summed E-state index contributed by atoms with van der Waals surface area (Å²) in [5, 5.41) is 0. The number of rotatable bonds is 1. The lowest BCUT2D eigenvalue weighted by molar-refractivity contribution is -0.137. The van der Waals surface area contributed by atoms with Crippen LogP contribution < -0.4 is 0 Å². The zero-order chi connectivity index (χ0) is 10.1. The molecule has 0 saturated heterocycles. The lowest BCUT2D eigenvalue weighted by atomic mass is 10.1. The van der Waals surface area contributed by atoms with Crippen LogP contribution in [0.3, 0.4) is 0 Å². The largest absolute Gasteiger partial charge is 0.416 e. The van der Waals surface area contributed by atoms with Crippen molar-refractivity contribution in [3.8, 4) is 0 Å². The molecule has 0 fully saturated rings. The summed E-state index contributed by atoms with van der Waals surface area (Å²) >= 11 is 6.39. The summed E-state index contributed by atoms with van der Waals surface area (Å²) < 4.78 is 36.2. The Kier molecular flexibility index (Phi) is 3.40. The molecule has 1 aromatic rings. The predicted molar refractivity (Wildman–Crippen MR) is 52.0 cm³/mol. The first-order valence-corrected chi connectivity index (χ1v) is 5.19. The minimum atomic E-state index is -4.26. The van der Waals surface area contributed by atoms with Gasteiger partial charge in [0.2, 0.25) is 0 Å². The highest BCUT2D eigenvalue weighted by Crippen LogP contribution is 2.33. The molecule has 0 unspecified atom stereocenters. The van der Waals surface area contributed by atoms with Crippen molar-refractivity contribution in [3.05, 3.63) is 35.4 Å². The number of alkyl halides is 5. The van der Waals surface area contributed by atoms with Gasteiger partial charge in [0.05, 0.1) is 9.30 Å². The van der Waals surface area contributed by atoms with E-state index in [4.69, 9.17) is 0 Å². The maximum Gasteiger partial charge on any atom is 0.416 e. The highest BCUT2D eigenvalue weighted by atomic mass is 79.9. The van der Waals surface area contributed by atoms with Crippen molar-refractivity contribution in [1.29, 1.82) is 0 Å². The van der Waals surface area contributed by atoms with Crippen molar-refractivity contribution in [2.45, 2.75) is 9.91 Å². The highest BCUT2D eigenvalue weighted by Gasteiger charge is 2.29. The SMILES string of the molecule is FC(F)(F)c1ccc(C(Br)Br)cc1. The summed E-state index contributed by atoms with van der Waals surface area (Å²) in [5.41, 5.74) is 0.130. The van der Waals surface area contributed by atoms with E-state index in [1.165, 1.54) is 12.1 Å². The molecule has 0 saturated carbocycles. The fourth-order valence-corrected chi connectivity index (χ4v) is 1.43. The van der Waals surface area contributed by atoms with Gasteiger partial charge in [-0.3, -0.25) is 0 Å². The molecule has 0 aliphatic rings. The van der Waals surface area contributed by atoms with Gasteiger partial charge in [0.25, 0.3) is 0 Å². The smallest absolute Gasteiger partial charge is 0.166 e. The van der Waals surface area contributed by atoms with E-state index in [2.05, 4.69) is 31.9 Å². The third-order valence-corrected chi connectivity index (χ3v) is 2.55. The van der Waals surface area contributed by atoms with Gasteiger partial charge in [-0.1, -0.05) is 44.0 Å². The van der Waals surface area contributed by atoms with E-state index >= 15 is 0 Å². The maximum atomic E-state index is 12.1. The third-order valence-electron chi connectivity index (χ3n) is 1.49. The minimum Gasteiger partial charge on any atom is -0.166 e. The van der Waals surface area contributed by atoms with E-state index < -0.39 is 11.7 Å². The second-order valence-corrected chi connectivity index (χ2v) is 5.48. The molecule has 1 aromatic carbocycles. The van der Waals surface area contributed by atoms with Gasteiger partial charge in [0.1, 0.15) is 0 Å². The van der Waals surface area contributed by atoms with E-state index in [-0.39, 0.29) is 3.74 Å². The standard InChI is InChI=1S/C8H5Br2F3/c9-7(10)5-1-3-6(4-2-5)8(11,12)13/h1-4,7H. The molecule has 72 valence electrons. The Labute approximate surface area is 90.4 Å². The molecule has 0 atom stereocenters. The molecule has 0 spiro atoms. The number of hydrogen-bond acceptors (Lipinski definition) is 0. The topological polar surface area (TPSA) is 0 Å². The molecular formula is C8H5Br2F3. The molecule has 0 bridgehead atoms. The fourth-order valence-electron chi connectivity index (χ4n) is 0.818. The third kappa shape index (κ3) is 2.98. The summed E-state index contributed by atoms with van der Waals surface area (Å²) in [5.74, 6) is 0. The van der Waals surface area contributed by atoms with Crippen molar-refractivity contribution in [1.82, 2.24) is 0 Å². The molecule has 0 amide bonds. The van der Waals surface area contributed by atoms with Crippen LogP contribution in [0.15, 0.2) is 24.3 Å². The van der Waals surface area contributed by atoms with Crippen LogP contribution in [0.2, 0.25) is 0 Å². The van der Waals surface area contributed by atoms with Crippen LogP contribution in [0.25, 0.3) is 0 Å². The minimum absolute atomic E-state index is 0.109. The van der Waals surface area contributed by atoms with Crippen LogP contribution in [0.4, 0.5) is 13.2 Å². The maximum absolute atomic E-state index is 12.1. The summed E-state index contributed by atoms with van der Waals surface area (Å²) in [6.45, 7) is 0. The van der Waals surface area contributed by atoms with E-state index in [0.717, 1.165) is 17.7 Å². The normalized spacial score (nSPS) is 12.2. The Morgan fingerprint density at radius 2 is 1.46 bits per heavy atom. The van der Waals surface area contributed by atoms with Gasteiger partial charge in [0, 0.05) is 0 Å². The molecule has 0 aromatic heterocycles. The van der Waals surface area contributed by atoms with Gasteiger partial charge in [-0.2, -0.15) is 13.2 Å². The first-order valence-electron chi connectivity index (χ1n) is 3.36. The second kappa shape index (κ2) is 4.00. The Hall–Kier alpha value is -0.0300. The van der Waals surface area contributed by atoms with Crippen LogP contribution in [0, 0.1) is 0 Å². The monoisotopic (exact) mass is 316 g/mol. The summed E-state index contributed by atoms with van der Waals surface area (Å²) in [7, 11) is 0. The Morgan fingerprint density at radius 3 is 1.77 bits per heavy atom. The van der Waals surface area contributed by atoms with E-state index in [0.29, 0.717) is 0 Å². The van der Waals surface area contributed by atoms with Gasteiger partial charge in [-0.25, -0.2) is 0 Å². The van der Waals surface area contributed by atoms with Gasteiger partial charge in [-0.05, 0) is 17.7 Å². The Morgan fingerprint density at radius 1 is 1.00 bits per heavy atom. The molecule has 5 heteroatoms. The van der Waals surface area contributed by atoms with E-state index in [1.807, 2.05) is 0 Å². The van der Waals surface area contributed by atoms with Gasteiger partial charge < -0.3 is 0 Å². The van der Waals surface area contributed by atoms with E-state index in [1.54, 1.807) is 0 Å². The van der Waals surface area contributed by atoms with Gasteiger partial charge in [-0.15, -0.1) is 0 Å². The first-order chi connectivity index (χ1) is 5.91. The summed E-state index contributed by atoms with van der Waals surface area (Å²) in [6, 6.07) is 4.98. The number of halogens is 5. The molecule has 0 aliphatic heterocycles. The average molecular weight is 318 g/mol.